The third kappa shape index (κ3) is 84.0. The van der Waals surface area contributed by atoms with Crippen LogP contribution in [0.15, 0.2) is 0 Å². The van der Waals surface area contributed by atoms with E-state index < -0.39 is 97.5 Å². The number of rotatable bonds is 90. The van der Waals surface area contributed by atoms with Gasteiger partial charge in [-0.25, -0.2) is 9.13 Å². The van der Waals surface area contributed by atoms with E-state index in [1.807, 2.05) is 0 Å². The van der Waals surface area contributed by atoms with Crippen molar-refractivity contribution in [2.75, 3.05) is 39.6 Å². The molecule has 0 aliphatic carbocycles. The van der Waals surface area contributed by atoms with Gasteiger partial charge >= 0.3 is 39.5 Å². The second-order valence-corrected chi connectivity index (χ2v) is 36.6. The summed E-state index contributed by atoms with van der Waals surface area (Å²) in [6.07, 6.45) is 76.3. The second-order valence-electron chi connectivity index (χ2n) is 33.6. The third-order valence-electron chi connectivity index (χ3n) is 21.5. The van der Waals surface area contributed by atoms with Crippen LogP contribution >= 0.6 is 15.6 Å². The van der Waals surface area contributed by atoms with Crippen molar-refractivity contribution in [3.8, 4) is 0 Å². The van der Waals surface area contributed by atoms with Crippen LogP contribution in [0.5, 0.6) is 0 Å². The third-order valence-corrected chi connectivity index (χ3v) is 23.4. The van der Waals surface area contributed by atoms with Crippen molar-refractivity contribution < 1.29 is 80.2 Å². The first-order chi connectivity index (χ1) is 53.4. The molecule has 0 heterocycles. The number of phosphoric ester groups is 2. The Morgan fingerprint density at radius 2 is 0.418 bits per heavy atom. The van der Waals surface area contributed by atoms with Crippen LogP contribution in [0.2, 0.25) is 0 Å². The molecule has 0 aliphatic rings. The minimum absolute atomic E-state index is 0.109. The lowest BCUT2D eigenvalue weighted by Gasteiger charge is -2.21. The SMILES string of the molecule is CCCCCCCCCCCCCCCCCC(=O)O[C@H](COC(=O)CCCCCCCCCCCCCCC)COP(=O)(O)OC[C@H](O)COP(=O)(O)OC[C@@H](COC(=O)CCCCCCCCCCCCCCCCCCCCC(C)C)OC(=O)CCCCCCCCCCCCCCCCCCCCC(C)C. The summed E-state index contributed by atoms with van der Waals surface area (Å²) in [6, 6.07) is 0. The first-order valence-corrected chi connectivity index (χ1v) is 50.0. The van der Waals surface area contributed by atoms with Crippen LogP contribution in [-0.4, -0.2) is 96.7 Å². The number of unbranched alkanes of at least 4 members (excludes halogenated alkanes) is 60. The fraction of sp³-hybridized carbons (Fsp3) is 0.956. The van der Waals surface area contributed by atoms with E-state index in [-0.39, 0.29) is 25.7 Å². The molecule has 0 bridgehead atoms. The van der Waals surface area contributed by atoms with Gasteiger partial charge in [0.2, 0.25) is 0 Å². The van der Waals surface area contributed by atoms with E-state index >= 15 is 0 Å². The molecule has 0 aliphatic heterocycles. The lowest BCUT2D eigenvalue weighted by atomic mass is 10.0. The van der Waals surface area contributed by atoms with E-state index in [9.17, 15) is 43.2 Å². The van der Waals surface area contributed by atoms with E-state index in [0.717, 1.165) is 102 Å². The van der Waals surface area contributed by atoms with E-state index in [2.05, 4.69) is 41.5 Å². The molecule has 0 amide bonds. The number of carbonyl (C=O) groups is 4. The van der Waals surface area contributed by atoms with E-state index in [4.69, 9.17) is 37.0 Å². The van der Waals surface area contributed by atoms with Gasteiger partial charge in [0.25, 0.3) is 0 Å². The van der Waals surface area contributed by atoms with Crippen molar-refractivity contribution in [2.45, 2.75) is 509 Å². The average molecular weight is 1610 g/mol. The zero-order chi connectivity index (χ0) is 80.6. The Labute approximate surface area is 677 Å². The maximum atomic E-state index is 13.2. The quantitative estimate of drug-likeness (QED) is 0.0222. The molecule has 0 aromatic heterocycles. The van der Waals surface area contributed by atoms with Crippen LogP contribution < -0.4 is 0 Å². The summed E-state index contributed by atoms with van der Waals surface area (Å²) in [7, 11) is -9.93. The van der Waals surface area contributed by atoms with Gasteiger partial charge in [-0.3, -0.25) is 37.3 Å². The molecular formula is C91H178O17P2. The van der Waals surface area contributed by atoms with Crippen molar-refractivity contribution in [1.29, 1.82) is 0 Å². The lowest BCUT2D eigenvalue weighted by molar-refractivity contribution is -0.161. The summed E-state index contributed by atoms with van der Waals surface area (Å²) in [5, 5.41) is 10.7. The molecule has 0 spiro atoms. The minimum atomic E-state index is -4.97. The van der Waals surface area contributed by atoms with Gasteiger partial charge < -0.3 is 33.8 Å². The smallest absolute Gasteiger partial charge is 0.462 e. The molecule has 2 unspecified atom stereocenters. The van der Waals surface area contributed by atoms with Crippen LogP contribution in [0.3, 0.4) is 0 Å². The Morgan fingerprint density at radius 1 is 0.245 bits per heavy atom. The van der Waals surface area contributed by atoms with Crippen molar-refractivity contribution in [3.05, 3.63) is 0 Å². The highest BCUT2D eigenvalue weighted by molar-refractivity contribution is 7.47. The Kier molecular flexibility index (Phi) is 80.7. The van der Waals surface area contributed by atoms with Gasteiger partial charge in [0, 0.05) is 25.7 Å². The number of esters is 4. The highest BCUT2D eigenvalue weighted by Gasteiger charge is 2.31. The molecule has 19 heteroatoms. The van der Waals surface area contributed by atoms with Crippen LogP contribution in [0.1, 0.15) is 491 Å². The monoisotopic (exact) mass is 1610 g/mol. The Bertz CT molecular complexity index is 2100. The lowest BCUT2D eigenvalue weighted by Crippen LogP contribution is -2.30. The minimum Gasteiger partial charge on any atom is -0.462 e. The summed E-state index contributed by atoms with van der Waals surface area (Å²) in [5.41, 5.74) is 0. The summed E-state index contributed by atoms with van der Waals surface area (Å²) in [6.45, 7) is 9.78. The normalized spacial score (nSPS) is 13.7. The molecule has 0 radical (unpaired) electrons. The van der Waals surface area contributed by atoms with Crippen molar-refractivity contribution >= 4 is 39.5 Å². The number of carbonyl (C=O) groups excluding carboxylic acids is 4. The molecule has 17 nitrogen and oxygen atoms in total. The topological polar surface area (TPSA) is 237 Å². The van der Waals surface area contributed by atoms with Crippen molar-refractivity contribution in [1.82, 2.24) is 0 Å². The molecule has 110 heavy (non-hydrogen) atoms. The van der Waals surface area contributed by atoms with Crippen LogP contribution in [-0.2, 0) is 65.4 Å². The number of aliphatic hydroxyl groups excluding tert-OH is 1. The highest BCUT2D eigenvalue weighted by atomic mass is 31.2. The standard InChI is InChI=1S/C91H178O17P2/c1-7-9-11-13-15-17-19-21-30-39-45-51-57-63-69-75-90(95)107-86(79-101-88(93)73-67-61-55-49-43-35-20-18-16-14-12-10-8-2)81-105-109(97,98)103-77-85(92)78-104-110(99,100)106-82-87(108-91(96)76-70-64-58-52-46-40-34-29-25-23-27-32-37-42-48-54-60-66-72-84(5)6)80-102-89(94)74-68-62-56-50-44-38-33-28-24-22-26-31-36-41-47-53-59-65-71-83(3)4/h83-87,92H,7-82H2,1-6H3,(H,97,98)(H,99,100)/t85-,86+,87+/m0/s1. The Morgan fingerprint density at radius 3 is 0.618 bits per heavy atom. The molecule has 0 rings (SSSR count). The maximum absolute atomic E-state index is 13.2. The molecule has 0 fully saturated rings. The zero-order valence-electron chi connectivity index (χ0n) is 72.6. The van der Waals surface area contributed by atoms with Gasteiger partial charge in [-0.2, -0.15) is 0 Å². The fourth-order valence-corrected chi connectivity index (χ4v) is 15.9. The predicted molar refractivity (Wildman–Crippen MR) is 455 cm³/mol. The summed E-state index contributed by atoms with van der Waals surface area (Å²) < 4.78 is 69.1. The van der Waals surface area contributed by atoms with Gasteiger partial charge in [0.15, 0.2) is 12.2 Å². The molecule has 0 saturated heterocycles. The zero-order valence-corrected chi connectivity index (χ0v) is 74.4. The van der Waals surface area contributed by atoms with Crippen LogP contribution in [0.4, 0.5) is 0 Å². The molecule has 654 valence electrons. The first kappa shape index (κ1) is 108. The Hall–Kier alpha value is -1.94. The predicted octanol–water partition coefficient (Wildman–Crippen LogP) is 28.2. The molecule has 3 N–H and O–H groups in total. The van der Waals surface area contributed by atoms with Gasteiger partial charge in [0.1, 0.15) is 19.3 Å². The van der Waals surface area contributed by atoms with Gasteiger partial charge in [-0.05, 0) is 37.5 Å². The number of phosphoric acid groups is 2. The second kappa shape index (κ2) is 82.2. The first-order valence-electron chi connectivity index (χ1n) is 47.0. The number of hydrogen-bond donors (Lipinski definition) is 3. The van der Waals surface area contributed by atoms with E-state index in [1.165, 1.54) is 308 Å². The Balaban J connectivity index is 5.24. The molecule has 0 saturated carbocycles. The molecular weight excluding hydrogens is 1430 g/mol. The summed E-state index contributed by atoms with van der Waals surface area (Å²) in [5.74, 6) is -0.450. The van der Waals surface area contributed by atoms with Crippen molar-refractivity contribution in [3.63, 3.8) is 0 Å². The highest BCUT2D eigenvalue weighted by Crippen LogP contribution is 2.45. The summed E-state index contributed by atoms with van der Waals surface area (Å²) in [4.78, 5) is 73.4. The van der Waals surface area contributed by atoms with E-state index in [0.29, 0.717) is 25.7 Å². The maximum Gasteiger partial charge on any atom is 0.472 e. The molecule has 5 atom stereocenters. The summed E-state index contributed by atoms with van der Waals surface area (Å²) >= 11 is 0. The van der Waals surface area contributed by atoms with Gasteiger partial charge in [0.05, 0.1) is 26.4 Å². The van der Waals surface area contributed by atoms with Crippen LogP contribution in [0.25, 0.3) is 0 Å². The largest absolute Gasteiger partial charge is 0.472 e. The van der Waals surface area contributed by atoms with E-state index in [1.54, 1.807) is 0 Å². The number of aliphatic hydroxyl groups is 1. The van der Waals surface area contributed by atoms with Crippen molar-refractivity contribution in [2.24, 2.45) is 11.8 Å². The van der Waals surface area contributed by atoms with Gasteiger partial charge in [-0.15, -0.1) is 0 Å². The number of ether oxygens (including phenoxy) is 4. The fourth-order valence-electron chi connectivity index (χ4n) is 14.3. The number of hydrogen-bond acceptors (Lipinski definition) is 15. The van der Waals surface area contributed by atoms with Crippen LogP contribution in [0, 0.1) is 11.8 Å². The average Bonchev–Trinajstić information content (AvgIpc) is 0.898. The molecule has 0 aromatic rings. The van der Waals surface area contributed by atoms with Gasteiger partial charge in [-0.1, -0.05) is 440 Å². The molecule has 0 aromatic carbocycles.